The summed E-state index contributed by atoms with van der Waals surface area (Å²) in [5, 5.41) is 0. The summed E-state index contributed by atoms with van der Waals surface area (Å²) in [6, 6.07) is 0.411. The Morgan fingerprint density at radius 1 is 1.31 bits per heavy atom. The molecule has 3 heteroatoms. The highest BCUT2D eigenvalue weighted by Crippen LogP contribution is 2.30. The highest BCUT2D eigenvalue weighted by Gasteiger charge is 2.23. The van der Waals surface area contributed by atoms with Crippen molar-refractivity contribution in [2.24, 2.45) is 5.73 Å². The minimum Gasteiger partial charge on any atom is -0.328 e. The van der Waals surface area contributed by atoms with Gasteiger partial charge in [-0.1, -0.05) is 27.2 Å². The van der Waals surface area contributed by atoms with Crippen LogP contribution in [-0.2, 0) is 0 Å². The lowest BCUT2D eigenvalue weighted by Gasteiger charge is -2.23. The highest BCUT2D eigenvalue weighted by molar-refractivity contribution is 8.00. The van der Waals surface area contributed by atoms with Gasteiger partial charge in [0.25, 0.3) is 0 Å². The number of rotatable bonds is 5. The summed E-state index contributed by atoms with van der Waals surface area (Å²) in [5.74, 6) is 1.27. The second-order valence-electron chi connectivity index (χ2n) is 5.54. The molecule has 0 aromatic rings. The van der Waals surface area contributed by atoms with Gasteiger partial charge in [-0.25, -0.2) is 0 Å². The molecule has 0 amide bonds. The van der Waals surface area contributed by atoms with Crippen LogP contribution in [0.2, 0.25) is 0 Å². The maximum Gasteiger partial charge on any atom is 0.0116 e. The fourth-order valence-corrected chi connectivity index (χ4v) is 3.29. The van der Waals surface area contributed by atoms with Crippen molar-refractivity contribution < 1.29 is 0 Å². The molecule has 0 saturated carbocycles. The Balaban J connectivity index is 2.22. The molecule has 96 valence electrons. The van der Waals surface area contributed by atoms with Crippen molar-refractivity contribution in [3.05, 3.63) is 0 Å². The van der Waals surface area contributed by atoms with Crippen LogP contribution in [0.15, 0.2) is 0 Å². The maximum atomic E-state index is 6.06. The monoisotopic (exact) mass is 244 g/mol. The molecule has 16 heavy (non-hydrogen) atoms. The Labute approximate surface area is 105 Å². The fraction of sp³-hybridized carbons (Fsp3) is 1.00. The Morgan fingerprint density at radius 2 is 2.06 bits per heavy atom. The van der Waals surface area contributed by atoms with E-state index >= 15 is 0 Å². The van der Waals surface area contributed by atoms with Crippen LogP contribution >= 0.6 is 11.8 Å². The van der Waals surface area contributed by atoms with Gasteiger partial charge in [0.1, 0.15) is 0 Å². The first kappa shape index (κ1) is 14.3. The quantitative estimate of drug-likeness (QED) is 0.806. The molecule has 1 fully saturated rings. The summed E-state index contributed by atoms with van der Waals surface area (Å²) in [7, 11) is 0. The predicted molar refractivity (Wildman–Crippen MR) is 75.1 cm³/mol. The van der Waals surface area contributed by atoms with Crippen LogP contribution in [-0.4, -0.2) is 41.1 Å². The first-order valence-corrected chi connectivity index (χ1v) is 7.64. The van der Waals surface area contributed by atoms with E-state index in [0.29, 0.717) is 10.8 Å². The number of hydrogen-bond donors (Lipinski definition) is 1. The van der Waals surface area contributed by atoms with Gasteiger partial charge < -0.3 is 10.6 Å². The molecule has 0 spiro atoms. The van der Waals surface area contributed by atoms with Gasteiger partial charge in [0.15, 0.2) is 0 Å². The summed E-state index contributed by atoms with van der Waals surface area (Å²) in [6.07, 6.45) is 4.86. The third kappa shape index (κ3) is 5.55. The zero-order valence-corrected chi connectivity index (χ0v) is 12.0. The maximum absolute atomic E-state index is 6.06. The van der Waals surface area contributed by atoms with Gasteiger partial charge in [0, 0.05) is 23.1 Å². The van der Waals surface area contributed by atoms with E-state index in [1.54, 1.807) is 0 Å². The molecule has 0 bridgehead atoms. The molecule has 2 N–H and O–H groups in total. The Kier molecular flexibility index (Phi) is 6.16. The minimum atomic E-state index is 0.411. The van der Waals surface area contributed by atoms with E-state index < -0.39 is 0 Å². The van der Waals surface area contributed by atoms with Gasteiger partial charge in [-0.3, -0.25) is 0 Å². The Bertz CT molecular complexity index is 194. The second kappa shape index (κ2) is 6.87. The van der Waals surface area contributed by atoms with Crippen LogP contribution in [0.1, 0.15) is 46.5 Å². The van der Waals surface area contributed by atoms with Crippen LogP contribution < -0.4 is 5.73 Å². The van der Waals surface area contributed by atoms with Crippen molar-refractivity contribution in [2.45, 2.75) is 57.2 Å². The fourth-order valence-electron chi connectivity index (χ4n) is 2.15. The van der Waals surface area contributed by atoms with Gasteiger partial charge in [0.05, 0.1) is 0 Å². The average Bonchev–Trinajstić information content (AvgIpc) is 2.37. The molecule has 0 aliphatic carbocycles. The Hall–Kier alpha value is 0.270. The van der Waals surface area contributed by atoms with E-state index in [1.807, 2.05) is 0 Å². The average molecular weight is 244 g/mol. The normalized spacial score (nSPS) is 24.0. The van der Waals surface area contributed by atoms with E-state index in [1.165, 1.54) is 51.1 Å². The lowest BCUT2D eigenvalue weighted by molar-refractivity contribution is 0.270. The number of nitrogens with two attached hydrogens (primary N) is 1. The van der Waals surface area contributed by atoms with E-state index in [2.05, 4.69) is 37.4 Å². The molecule has 1 saturated heterocycles. The number of hydrogen-bond acceptors (Lipinski definition) is 3. The Morgan fingerprint density at radius 3 is 2.75 bits per heavy atom. The third-order valence-corrected chi connectivity index (χ3v) is 4.78. The summed E-state index contributed by atoms with van der Waals surface area (Å²) in [5.41, 5.74) is 6.06. The first-order valence-electron chi connectivity index (χ1n) is 6.65. The van der Waals surface area contributed by atoms with Crippen LogP contribution in [0.3, 0.4) is 0 Å². The molecule has 1 aliphatic heterocycles. The minimum absolute atomic E-state index is 0.411. The van der Waals surface area contributed by atoms with Crippen molar-refractivity contribution in [2.75, 3.05) is 25.4 Å². The van der Waals surface area contributed by atoms with E-state index in [-0.39, 0.29) is 0 Å². The molecule has 0 radical (unpaired) electrons. The molecule has 1 heterocycles. The van der Waals surface area contributed by atoms with E-state index in [0.717, 1.165) is 0 Å². The van der Waals surface area contributed by atoms with E-state index in [9.17, 15) is 0 Å². The largest absolute Gasteiger partial charge is 0.328 e. The molecule has 1 unspecified atom stereocenters. The standard InChI is InChI=1S/C13H28N2S/c1-4-5-12(14)6-8-15-9-7-13(2,3)16-11-10-15/h12H,4-11,14H2,1-3H3. The van der Waals surface area contributed by atoms with Crippen LogP contribution in [0.4, 0.5) is 0 Å². The lowest BCUT2D eigenvalue weighted by Crippen LogP contribution is -2.32. The van der Waals surface area contributed by atoms with Gasteiger partial charge in [-0.2, -0.15) is 11.8 Å². The molecule has 0 aromatic carbocycles. The summed E-state index contributed by atoms with van der Waals surface area (Å²) < 4.78 is 0.473. The van der Waals surface area contributed by atoms with Crippen LogP contribution in [0, 0.1) is 0 Å². The van der Waals surface area contributed by atoms with Gasteiger partial charge in [0.2, 0.25) is 0 Å². The van der Waals surface area contributed by atoms with Gasteiger partial charge >= 0.3 is 0 Å². The molecule has 2 nitrogen and oxygen atoms in total. The second-order valence-corrected chi connectivity index (χ2v) is 7.34. The molecular weight excluding hydrogens is 216 g/mol. The summed E-state index contributed by atoms with van der Waals surface area (Å²) >= 11 is 2.12. The molecular formula is C13H28N2S. The lowest BCUT2D eigenvalue weighted by atomic mass is 10.1. The summed E-state index contributed by atoms with van der Waals surface area (Å²) in [6.45, 7) is 10.6. The van der Waals surface area contributed by atoms with Crippen molar-refractivity contribution in [1.29, 1.82) is 0 Å². The molecule has 1 atom stereocenters. The topological polar surface area (TPSA) is 29.3 Å². The zero-order chi connectivity index (χ0) is 12.0. The molecule has 1 rings (SSSR count). The van der Waals surface area contributed by atoms with Gasteiger partial charge in [-0.15, -0.1) is 0 Å². The SMILES string of the molecule is CCCC(N)CCN1CCSC(C)(C)CC1. The van der Waals surface area contributed by atoms with Crippen molar-refractivity contribution in [3.8, 4) is 0 Å². The van der Waals surface area contributed by atoms with Crippen LogP contribution in [0.25, 0.3) is 0 Å². The van der Waals surface area contributed by atoms with Crippen LogP contribution in [0.5, 0.6) is 0 Å². The number of nitrogens with zero attached hydrogens (tertiary/aromatic N) is 1. The van der Waals surface area contributed by atoms with Crippen molar-refractivity contribution in [3.63, 3.8) is 0 Å². The summed E-state index contributed by atoms with van der Waals surface area (Å²) in [4.78, 5) is 2.59. The highest BCUT2D eigenvalue weighted by atomic mass is 32.2. The zero-order valence-electron chi connectivity index (χ0n) is 11.2. The molecule has 1 aliphatic rings. The first-order chi connectivity index (χ1) is 7.53. The van der Waals surface area contributed by atoms with Crippen molar-refractivity contribution in [1.82, 2.24) is 4.90 Å². The number of thioether (sulfide) groups is 1. The molecule has 0 aromatic heterocycles. The third-order valence-electron chi connectivity index (χ3n) is 3.41. The van der Waals surface area contributed by atoms with Crippen molar-refractivity contribution >= 4 is 11.8 Å². The van der Waals surface area contributed by atoms with Gasteiger partial charge in [-0.05, 0) is 32.4 Å². The predicted octanol–water partition coefficient (Wildman–Crippen LogP) is 2.72. The smallest absolute Gasteiger partial charge is 0.0116 e. The van der Waals surface area contributed by atoms with E-state index in [4.69, 9.17) is 5.73 Å².